The second-order valence-electron chi connectivity index (χ2n) is 7.84. The molecule has 1 aliphatic carbocycles. The van der Waals surface area contributed by atoms with Crippen LogP contribution in [-0.4, -0.2) is 12.9 Å². The number of alkyl halides is 4. The predicted molar refractivity (Wildman–Crippen MR) is 138 cm³/mol. The summed E-state index contributed by atoms with van der Waals surface area (Å²) >= 11 is 17.6. The van der Waals surface area contributed by atoms with Crippen LogP contribution in [0, 0.1) is 28.6 Å². The van der Waals surface area contributed by atoms with Crippen LogP contribution >= 0.6 is 79.6 Å². The van der Waals surface area contributed by atoms with Crippen LogP contribution in [0.25, 0.3) is 0 Å². The average Bonchev–Trinajstić information content (AvgIpc) is 3.28. The Kier molecular flexibility index (Phi) is 8.01. The van der Waals surface area contributed by atoms with Crippen molar-refractivity contribution in [2.75, 3.05) is 0 Å². The number of hydrogen-bond acceptors (Lipinski definition) is 4. The zero-order chi connectivity index (χ0) is 23.0. The van der Waals surface area contributed by atoms with Crippen molar-refractivity contribution >= 4 is 85.6 Å². The van der Waals surface area contributed by atoms with Crippen LogP contribution in [0.4, 0.5) is 0 Å². The highest BCUT2D eigenvalue weighted by Crippen LogP contribution is 2.66. The fourth-order valence-electron chi connectivity index (χ4n) is 3.62. The third-order valence-electron chi connectivity index (χ3n) is 5.35. The van der Waals surface area contributed by atoms with Gasteiger partial charge in [0.15, 0.2) is 0 Å². The minimum atomic E-state index is -1.02. The lowest BCUT2D eigenvalue weighted by Crippen LogP contribution is -2.23. The SMILES string of the molecule is CC1(C)[C@H](C(=O)OC(C#N)c2cccc(Oc3ccc(Br)cc3)c2)[C@H]1C(Br)C(Br)(Br)Br. The summed E-state index contributed by atoms with van der Waals surface area (Å²) in [6, 6.07) is 16.5. The van der Waals surface area contributed by atoms with Crippen molar-refractivity contribution in [3.8, 4) is 17.6 Å². The summed E-state index contributed by atoms with van der Waals surface area (Å²) in [4.78, 5) is 12.9. The van der Waals surface area contributed by atoms with E-state index in [-0.39, 0.29) is 28.0 Å². The van der Waals surface area contributed by atoms with Crippen molar-refractivity contribution in [1.82, 2.24) is 0 Å². The van der Waals surface area contributed by atoms with Gasteiger partial charge in [-0.15, -0.1) is 0 Å². The van der Waals surface area contributed by atoms with Crippen molar-refractivity contribution in [1.29, 1.82) is 5.26 Å². The molecule has 0 N–H and O–H groups in total. The first-order valence-electron chi connectivity index (χ1n) is 9.29. The van der Waals surface area contributed by atoms with Crippen molar-refractivity contribution in [2.45, 2.75) is 26.9 Å². The van der Waals surface area contributed by atoms with Crippen LogP contribution in [-0.2, 0) is 9.53 Å². The molecule has 1 aliphatic rings. The zero-order valence-electron chi connectivity index (χ0n) is 16.5. The molecule has 0 saturated heterocycles. The Hall–Kier alpha value is -0.400. The van der Waals surface area contributed by atoms with Crippen LogP contribution in [0.3, 0.4) is 0 Å². The van der Waals surface area contributed by atoms with E-state index in [0.29, 0.717) is 17.1 Å². The number of ether oxygens (including phenoxy) is 2. The van der Waals surface area contributed by atoms with Crippen LogP contribution in [0.15, 0.2) is 53.0 Å². The summed E-state index contributed by atoms with van der Waals surface area (Å²) < 4.78 is 11.9. The Morgan fingerprint density at radius 3 is 2.35 bits per heavy atom. The van der Waals surface area contributed by atoms with Crippen molar-refractivity contribution in [2.24, 2.45) is 17.3 Å². The maximum Gasteiger partial charge on any atom is 0.311 e. The number of benzene rings is 2. The highest BCUT2D eigenvalue weighted by molar-refractivity contribution is 9.40. The first-order chi connectivity index (χ1) is 14.4. The van der Waals surface area contributed by atoms with Gasteiger partial charge in [0.05, 0.1) is 10.7 Å². The van der Waals surface area contributed by atoms with E-state index in [1.54, 1.807) is 24.3 Å². The molecule has 0 aliphatic heterocycles. The van der Waals surface area contributed by atoms with E-state index in [1.807, 2.05) is 38.1 Å². The summed E-state index contributed by atoms with van der Waals surface area (Å²) in [7, 11) is 0. The molecule has 2 unspecified atom stereocenters. The number of nitrogens with zero attached hydrogens (tertiary/aromatic N) is 1. The summed E-state index contributed by atoms with van der Waals surface area (Å²) in [6.07, 6.45) is -1.02. The van der Waals surface area contributed by atoms with E-state index in [9.17, 15) is 10.1 Å². The van der Waals surface area contributed by atoms with Crippen LogP contribution < -0.4 is 4.74 Å². The van der Waals surface area contributed by atoms with Gasteiger partial charge in [0.2, 0.25) is 6.10 Å². The normalized spacial score (nSPS) is 21.5. The molecule has 164 valence electrons. The molecule has 0 aromatic heterocycles. The molecule has 3 rings (SSSR count). The minimum absolute atomic E-state index is 0.0181. The van der Waals surface area contributed by atoms with Gasteiger partial charge in [-0.05, 0) is 47.7 Å². The predicted octanol–water partition coefficient (Wildman–Crippen LogP) is 8.22. The number of rotatable bonds is 6. The molecule has 0 spiro atoms. The van der Waals surface area contributed by atoms with E-state index in [2.05, 4.69) is 85.7 Å². The molecule has 4 nitrogen and oxygen atoms in total. The maximum atomic E-state index is 12.9. The Morgan fingerprint density at radius 2 is 1.77 bits per heavy atom. The maximum absolute atomic E-state index is 12.9. The van der Waals surface area contributed by atoms with Gasteiger partial charge in [-0.1, -0.05) is 106 Å². The van der Waals surface area contributed by atoms with Gasteiger partial charge in [-0.2, -0.15) is 5.26 Å². The van der Waals surface area contributed by atoms with E-state index in [0.717, 1.165) is 4.47 Å². The number of esters is 1. The van der Waals surface area contributed by atoms with Gasteiger partial charge in [-0.3, -0.25) is 4.79 Å². The van der Waals surface area contributed by atoms with Crippen LogP contribution in [0.2, 0.25) is 0 Å². The highest BCUT2D eigenvalue weighted by Gasteiger charge is 2.67. The second-order valence-corrected chi connectivity index (χ2v) is 16.7. The van der Waals surface area contributed by atoms with Crippen molar-refractivity contribution < 1.29 is 14.3 Å². The fourth-order valence-corrected chi connectivity index (χ4v) is 5.72. The van der Waals surface area contributed by atoms with Crippen molar-refractivity contribution in [3.05, 3.63) is 58.6 Å². The number of carbonyl (C=O) groups excluding carboxylic acids is 1. The van der Waals surface area contributed by atoms with Gasteiger partial charge in [0.1, 0.15) is 19.7 Å². The monoisotopic (exact) mass is 739 g/mol. The smallest absolute Gasteiger partial charge is 0.311 e. The molecule has 0 bridgehead atoms. The molecule has 2 aromatic carbocycles. The van der Waals surface area contributed by atoms with E-state index < -0.39 is 8.25 Å². The summed E-state index contributed by atoms with van der Waals surface area (Å²) in [5, 5.41) is 9.67. The van der Waals surface area contributed by atoms with E-state index in [4.69, 9.17) is 9.47 Å². The number of carbonyl (C=O) groups is 1. The number of hydrogen-bond donors (Lipinski definition) is 0. The quantitative estimate of drug-likeness (QED) is 0.221. The molecule has 9 heteroatoms. The molecule has 4 atom stereocenters. The van der Waals surface area contributed by atoms with Crippen LogP contribution in [0.1, 0.15) is 25.5 Å². The average molecular weight is 744 g/mol. The van der Waals surface area contributed by atoms with Gasteiger partial charge < -0.3 is 9.47 Å². The summed E-state index contributed by atoms with van der Waals surface area (Å²) in [6.45, 7) is 4.04. The van der Waals surface area contributed by atoms with E-state index in [1.165, 1.54) is 0 Å². The summed E-state index contributed by atoms with van der Waals surface area (Å²) in [5.74, 6) is 0.525. The summed E-state index contributed by atoms with van der Waals surface area (Å²) in [5.41, 5.74) is 0.296. The van der Waals surface area contributed by atoms with E-state index >= 15 is 0 Å². The largest absolute Gasteiger partial charge is 0.457 e. The Balaban J connectivity index is 1.72. The molecule has 0 heterocycles. The van der Waals surface area contributed by atoms with Gasteiger partial charge in [-0.25, -0.2) is 0 Å². The van der Waals surface area contributed by atoms with Crippen LogP contribution in [0.5, 0.6) is 11.5 Å². The first kappa shape index (κ1) is 25.2. The third-order valence-corrected chi connectivity index (χ3v) is 10.5. The topological polar surface area (TPSA) is 59.3 Å². The zero-order valence-corrected chi connectivity index (χ0v) is 24.4. The Morgan fingerprint density at radius 1 is 1.13 bits per heavy atom. The van der Waals surface area contributed by atoms with Gasteiger partial charge >= 0.3 is 5.97 Å². The Labute approximate surface area is 223 Å². The van der Waals surface area contributed by atoms with Crippen molar-refractivity contribution in [3.63, 3.8) is 0 Å². The lowest BCUT2D eigenvalue weighted by molar-refractivity contribution is -0.149. The lowest BCUT2D eigenvalue weighted by atomic mass is 10.1. The molecular formula is C22H18Br5NO3. The fraction of sp³-hybridized carbons (Fsp3) is 0.364. The number of halogens is 5. The molecular weight excluding hydrogens is 726 g/mol. The number of nitriles is 1. The highest BCUT2D eigenvalue weighted by atomic mass is 80.0. The molecule has 0 amide bonds. The molecule has 1 fully saturated rings. The minimum Gasteiger partial charge on any atom is -0.457 e. The van der Waals surface area contributed by atoms with Gasteiger partial charge in [0, 0.05) is 10.0 Å². The molecule has 0 radical (unpaired) electrons. The molecule has 31 heavy (non-hydrogen) atoms. The standard InChI is InChI=1S/C22H18Br5NO3/c1-21(2)17(19(24)22(25,26)27)18(21)20(29)31-16(11-28)12-4-3-5-15(10-12)30-14-8-6-13(23)7-9-14/h3-10,16-19H,1-2H3/t16?,17-,18-,19?/m0/s1. The second kappa shape index (κ2) is 9.84. The molecule has 2 aromatic rings. The lowest BCUT2D eigenvalue weighted by Gasteiger charge is -2.21. The first-order valence-corrected chi connectivity index (χ1v) is 13.4. The third kappa shape index (κ3) is 5.94. The molecule has 1 saturated carbocycles. The Bertz CT molecular complexity index is 997. The van der Waals surface area contributed by atoms with Gasteiger partial charge in [0.25, 0.3) is 0 Å².